The number of ether oxygens (including phenoxy) is 1. The van der Waals surface area contributed by atoms with Gasteiger partial charge in [-0.1, -0.05) is 12.1 Å². The molecule has 3 N–H and O–H groups in total. The summed E-state index contributed by atoms with van der Waals surface area (Å²) in [6, 6.07) is 11.3. The van der Waals surface area contributed by atoms with Gasteiger partial charge in [0.05, 0.1) is 12.7 Å². The molecule has 4 heteroatoms. The summed E-state index contributed by atoms with van der Waals surface area (Å²) in [5.41, 5.74) is 7.86. The number of nitrogen functional groups attached to an aromatic ring is 1. The van der Waals surface area contributed by atoms with Gasteiger partial charge in [-0.15, -0.1) is 0 Å². The highest BCUT2D eigenvalue weighted by atomic mass is 16.5. The van der Waals surface area contributed by atoms with Crippen LogP contribution in [0.5, 0.6) is 5.75 Å². The number of nitrogens with two attached hydrogens (primary N) is 1. The monoisotopic (exact) mass is 213 g/mol. The van der Waals surface area contributed by atoms with Crippen molar-refractivity contribution in [2.75, 3.05) is 12.8 Å². The number of aromatic nitrogens is 1. The summed E-state index contributed by atoms with van der Waals surface area (Å²) in [6.07, 6.45) is 0. The Labute approximate surface area is 93.3 Å². The van der Waals surface area contributed by atoms with Crippen molar-refractivity contribution in [2.45, 2.75) is 0 Å². The first-order chi connectivity index (χ1) is 7.74. The lowest BCUT2D eigenvalue weighted by molar-refractivity contribution is 0.415. The molecule has 0 bridgehead atoms. The van der Waals surface area contributed by atoms with E-state index in [2.05, 4.69) is 4.98 Å². The van der Waals surface area contributed by atoms with Gasteiger partial charge in [-0.2, -0.15) is 5.26 Å². The zero-order valence-corrected chi connectivity index (χ0v) is 8.82. The third kappa shape index (κ3) is 1.71. The SMILES string of the molecule is COc1cccc(-c2cc(C#N)c(N)[nH]2)c1. The molecule has 0 radical (unpaired) electrons. The van der Waals surface area contributed by atoms with Crippen molar-refractivity contribution >= 4 is 5.82 Å². The summed E-state index contributed by atoms with van der Waals surface area (Å²) in [6.45, 7) is 0. The van der Waals surface area contributed by atoms with Gasteiger partial charge < -0.3 is 15.5 Å². The van der Waals surface area contributed by atoms with Crippen LogP contribution >= 0.6 is 0 Å². The quantitative estimate of drug-likeness (QED) is 0.802. The molecule has 0 saturated heterocycles. The standard InChI is InChI=1S/C12H11N3O/c1-16-10-4-2-3-8(5-10)11-6-9(7-13)12(14)15-11/h2-6,15H,14H2,1H3. The molecule has 1 aromatic carbocycles. The highest BCUT2D eigenvalue weighted by Crippen LogP contribution is 2.25. The number of anilines is 1. The van der Waals surface area contributed by atoms with Crippen LogP contribution in [-0.4, -0.2) is 12.1 Å². The number of hydrogen-bond acceptors (Lipinski definition) is 3. The molecule has 2 rings (SSSR count). The van der Waals surface area contributed by atoms with Gasteiger partial charge in [0.15, 0.2) is 0 Å². The fraction of sp³-hybridized carbons (Fsp3) is 0.0833. The van der Waals surface area contributed by atoms with Crippen molar-refractivity contribution in [2.24, 2.45) is 0 Å². The predicted molar refractivity (Wildman–Crippen MR) is 61.9 cm³/mol. The maximum atomic E-state index is 8.80. The minimum atomic E-state index is 0.389. The van der Waals surface area contributed by atoms with Crippen LogP contribution in [0.3, 0.4) is 0 Å². The number of nitrogens with zero attached hydrogens (tertiary/aromatic N) is 1. The second kappa shape index (κ2) is 3.99. The van der Waals surface area contributed by atoms with Crippen LogP contribution in [0.4, 0.5) is 5.82 Å². The molecule has 0 spiro atoms. The van der Waals surface area contributed by atoms with Crippen LogP contribution < -0.4 is 10.5 Å². The molecule has 0 saturated carbocycles. The van der Waals surface area contributed by atoms with E-state index in [9.17, 15) is 0 Å². The van der Waals surface area contributed by atoms with E-state index in [4.69, 9.17) is 15.7 Å². The smallest absolute Gasteiger partial charge is 0.119 e. The molecule has 4 nitrogen and oxygen atoms in total. The number of hydrogen-bond donors (Lipinski definition) is 2. The Morgan fingerprint density at radius 2 is 2.19 bits per heavy atom. The third-order valence-electron chi connectivity index (χ3n) is 2.35. The minimum absolute atomic E-state index is 0.389. The second-order valence-corrected chi connectivity index (χ2v) is 3.35. The van der Waals surface area contributed by atoms with Crippen LogP contribution in [0.15, 0.2) is 30.3 Å². The Balaban J connectivity index is 2.46. The van der Waals surface area contributed by atoms with Gasteiger partial charge in [0, 0.05) is 11.3 Å². The van der Waals surface area contributed by atoms with Crippen molar-refractivity contribution in [3.8, 4) is 23.1 Å². The molecule has 0 atom stereocenters. The number of H-pyrrole nitrogens is 1. The predicted octanol–water partition coefficient (Wildman–Crippen LogP) is 2.14. The molecule has 1 aromatic heterocycles. The van der Waals surface area contributed by atoms with Crippen LogP contribution in [0, 0.1) is 11.3 Å². The molecular formula is C12H11N3O. The summed E-state index contributed by atoms with van der Waals surface area (Å²) in [7, 11) is 1.61. The first kappa shape index (κ1) is 10.1. The number of aromatic amines is 1. The maximum Gasteiger partial charge on any atom is 0.119 e. The fourth-order valence-corrected chi connectivity index (χ4v) is 1.51. The zero-order valence-electron chi connectivity index (χ0n) is 8.82. The Morgan fingerprint density at radius 1 is 1.38 bits per heavy atom. The van der Waals surface area contributed by atoms with E-state index in [1.807, 2.05) is 30.3 Å². The molecule has 0 aliphatic rings. The molecular weight excluding hydrogens is 202 g/mol. The Morgan fingerprint density at radius 3 is 2.81 bits per heavy atom. The van der Waals surface area contributed by atoms with E-state index in [1.165, 1.54) is 0 Å². The van der Waals surface area contributed by atoms with Gasteiger partial charge in [-0.3, -0.25) is 0 Å². The lowest BCUT2D eigenvalue weighted by Crippen LogP contribution is -1.87. The second-order valence-electron chi connectivity index (χ2n) is 3.35. The van der Waals surface area contributed by atoms with E-state index < -0.39 is 0 Å². The van der Waals surface area contributed by atoms with E-state index in [-0.39, 0.29) is 0 Å². The molecule has 16 heavy (non-hydrogen) atoms. The maximum absolute atomic E-state index is 8.80. The van der Waals surface area contributed by atoms with Crippen molar-refractivity contribution in [1.29, 1.82) is 5.26 Å². The van der Waals surface area contributed by atoms with Crippen molar-refractivity contribution < 1.29 is 4.74 Å². The Hall–Kier alpha value is -2.41. The minimum Gasteiger partial charge on any atom is -0.497 e. The van der Waals surface area contributed by atoms with Gasteiger partial charge in [-0.05, 0) is 18.2 Å². The highest BCUT2D eigenvalue weighted by molar-refractivity contribution is 5.68. The van der Waals surface area contributed by atoms with E-state index in [0.29, 0.717) is 11.4 Å². The lowest BCUT2D eigenvalue weighted by atomic mass is 10.1. The average molecular weight is 213 g/mol. The Bertz CT molecular complexity index is 552. The van der Waals surface area contributed by atoms with Crippen molar-refractivity contribution in [1.82, 2.24) is 4.98 Å². The largest absolute Gasteiger partial charge is 0.497 e. The first-order valence-electron chi connectivity index (χ1n) is 4.77. The van der Waals surface area contributed by atoms with Crippen LogP contribution in [0.25, 0.3) is 11.3 Å². The molecule has 0 aliphatic heterocycles. The van der Waals surface area contributed by atoms with Crippen LogP contribution in [0.2, 0.25) is 0 Å². The highest BCUT2D eigenvalue weighted by Gasteiger charge is 2.06. The molecule has 0 unspecified atom stereocenters. The zero-order chi connectivity index (χ0) is 11.5. The van der Waals surface area contributed by atoms with Gasteiger partial charge in [0.2, 0.25) is 0 Å². The van der Waals surface area contributed by atoms with E-state index in [1.54, 1.807) is 13.2 Å². The lowest BCUT2D eigenvalue weighted by Gasteiger charge is -2.02. The fourth-order valence-electron chi connectivity index (χ4n) is 1.51. The van der Waals surface area contributed by atoms with Crippen molar-refractivity contribution in [3.05, 3.63) is 35.9 Å². The Kier molecular flexibility index (Phi) is 2.52. The van der Waals surface area contributed by atoms with E-state index in [0.717, 1.165) is 17.0 Å². The molecule has 0 aliphatic carbocycles. The molecule has 1 heterocycles. The van der Waals surface area contributed by atoms with Crippen LogP contribution in [-0.2, 0) is 0 Å². The summed E-state index contributed by atoms with van der Waals surface area (Å²) in [5.74, 6) is 1.16. The molecule has 80 valence electrons. The number of methoxy groups -OCH3 is 1. The van der Waals surface area contributed by atoms with Gasteiger partial charge >= 0.3 is 0 Å². The number of rotatable bonds is 2. The normalized spacial score (nSPS) is 9.75. The molecule has 0 amide bonds. The number of benzene rings is 1. The summed E-state index contributed by atoms with van der Waals surface area (Å²) in [4.78, 5) is 2.96. The first-order valence-corrected chi connectivity index (χ1v) is 4.77. The van der Waals surface area contributed by atoms with Gasteiger partial charge in [0.1, 0.15) is 17.6 Å². The summed E-state index contributed by atoms with van der Waals surface area (Å²) >= 11 is 0. The van der Waals surface area contributed by atoms with Gasteiger partial charge in [-0.25, -0.2) is 0 Å². The average Bonchev–Trinajstić information content (AvgIpc) is 2.71. The number of nitrogens with one attached hydrogen (secondary N) is 1. The topological polar surface area (TPSA) is 74.8 Å². The number of nitriles is 1. The summed E-state index contributed by atoms with van der Waals surface area (Å²) < 4.78 is 5.13. The van der Waals surface area contributed by atoms with Crippen molar-refractivity contribution in [3.63, 3.8) is 0 Å². The summed E-state index contributed by atoms with van der Waals surface area (Å²) in [5, 5.41) is 8.80. The van der Waals surface area contributed by atoms with Gasteiger partial charge in [0.25, 0.3) is 0 Å². The third-order valence-corrected chi connectivity index (χ3v) is 2.35. The van der Waals surface area contributed by atoms with Crippen LogP contribution in [0.1, 0.15) is 5.56 Å². The molecule has 2 aromatic rings. The molecule has 0 fully saturated rings. The van der Waals surface area contributed by atoms with E-state index >= 15 is 0 Å².